The number of hydrogen-bond donors (Lipinski definition) is 4. The van der Waals surface area contributed by atoms with Crippen LogP contribution in [0, 0.1) is 0 Å². The lowest BCUT2D eigenvalue weighted by Crippen LogP contribution is -2.50. The van der Waals surface area contributed by atoms with Gasteiger partial charge in [0.05, 0.1) is 17.9 Å². The molecule has 0 aromatic rings. The summed E-state index contributed by atoms with van der Waals surface area (Å²) >= 11 is 0. The molecule has 3 atom stereocenters. The Kier molecular flexibility index (Phi) is 38.1. The van der Waals surface area contributed by atoms with Crippen LogP contribution in [0.15, 0.2) is 0 Å². The average molecular weight is 760 g/mol. The van der Waals surface area contributed by atoms with Crippen molar-refractivity contribution in [2.24, 2.45) is 0 Å². The van der Waals surface area contributed by atoms with Crippen LogP contribution in [0.1, 0.15) is 251 Å². The Labute approximate surface area is 323 Å². The van der Waals surface area contributed by atoms with Gasteiger partial charge >= 0.3 is 0 Å². The molecule has 4 N–H and O–H groups in total. The molecule has 0 spiro atoms. The summed E-state index contributed by atoms with van der Waals surface area (Å²) in [5, 5.41) is 23.6. The summed E-state index contributed by atoms with van der Waals surface area (Å²) in [5.74, 6) is -1.44. The van der Waals surface area contributed by atoms with Crippen LogP contribution in [0.4, 0.5) is 0 Å². The molecule has 0 fully saturated rings. The van der Waals surface area contributed by atoms with Gasteiger partial charge in [0.15, 0.2) is 0 Å². The van der Waals surface area contributed by atoms with Crippen LogP contribution in [0.3, 0.4) is 0 Å². The number of aliphatic hydroxyl groups is 2. The number of carbonyl (C=O) groups is 1. The Morgan fingerprint density at radius 2 is 0.692 bits per heavy atom. The van der Waals surface area contributed by atoms with E-state index in [1.807, 2.05) is 0 Å². The quantitative estimate of drug-likeness (QED) is 0.0363. The van der Waals surface area contributed by atoms with Crippen molar-refractivity contribution in [1.29, 1.82) is 0 Å². The average Bonchev–Trinajstić information content (AvgIpc) is 3.11. The van der Waals surface area contributed by atoms with Crippen molar-refractivity contribution >= 4 is 16.0 Å². The lowest BCUT2D eigenvalue weighted by Gasteiger charge is -2.24. The molecule has 0 rings (SSSR count). The maximum absolute atomic E-state index is 12.6. The van der Waals surface area contributed by atoms with E-state index in [0.29, 0.717) is 12.8 Å². The molecule has 0 heterocycles. The number of hydrogen-bond acceptors (Lipinski definition) is 5. The van der Waals surface area contributed by atoms with Crippen molar-refractivity contribution < 1.29 is 28.0 Å². The molecular formula is C44H89NO6S. The van der Waals surface area contributed by atoms with Gasteiger partial charge in [-0.1, -0.05) is 239 Å². The van der Waals surface area contributed by atoms with Crippen LogP contribution >= 0.6 is 0 Å². The third kappa shape index (κ3) is 37.6. The van der Waals surface area contributed by atoms with E-state index in [0.717, 1.165) is 44.9 Å². The third-order valence-corrected chi connectivity index (χ3v) is 11.7. The molecule has 312 valence electrons. The van der Waals surface area contributed by atoms with Crippen molar-refractivity contribution in [3.63, 3.8) is 0 Å². The number of nitrogens with one attached hydrogen (secondary N) is 1. The zero-order chi connectivity index (χ0) is 38.4. The molecule has 0 aromatic carbocycles. The first-order chi connectivity index (χ1) is 25.2. The van der Waals surface area contributed by atoms with E-state index >= 15 is 0 Å². The molecule has 1 amide bonds. The molecule has 8 heteroatoms. The third-order valence-electron chi connectivity index (χ3n) is 10.9. The summed E-state index contributed by atoms with van der Waals surface area (Å²) in [4.78, 5) is 12.6. The number of unbranched alkanes of at least 4 members (excludes halogenated alkanes) is 33. The number of carbonyl (C=O) groups excluding carboxylic acids is 1. The summed E-state index contributed by atoms with van der Waals surface area (Å²) in [6, 6.07) is -1.14. The SMILES string of the molecule is CCCCCCCCCCCCCCCCCCCCCCC(O)C(=O)NC(CS(=O)(=O)O)C(O)CCCCCCCCCCCCCCCCC. The fourth-order valence-electron chi connectivity index (χ4n) is 7.40. The fraction of sp³-hybridized carbons (Fsp3) is 0.977. The monoisotopic (exact) mass is 760 g/mol. The van der Waals surface area contributed by atoms with E-state index in [1.54, 1.807) is 0 Å². The van der Waals surface area contributed by atoms with Crippen LogP contribution in [0.2, 0.25) is 0 Å². The molecule has 0 aliphatic carbocycles. The molecule has 0 aliphatic heterocycles. The molecule has 0 radical (unpaired) electrons. The second-order valence-corrected chi connectivity index (χ2v) is 17.7. The largest absolute Gasteiger partial charge is 0.391 e. The van der Waals surface area contributed by atoms with Crippen molar-refractivity contribution in [2.45, 2.75) is 270 Å². The van der Waals surface area contributed by atoms with Gasteiger partial charge in [-0.15, -0.1) is 0 Å². The van der Waals surface area contributed by atoms with Gasteiger partial charge in [0.1, 0.15) is 6.10 Å². The van der Waals surface area contributed by atoms with Gasteiger partial charge in [-0.2, -0.15) is 8.42 Å². The Bertz CT molecular complexity index is 854. The smallest absolute Gasteiger partial charge is 0.266 e. The number of amides is 1. The lowest BCUT2D eigenvalue weighted by molar-refractivity contribution is -0.131. The van der Waals surface area contributed by atoms with Gasteiger partial charge in [0.2, 0.25) is 5.91 Å². The molecular weight excluding hydrogens is 671 g/mol. The van der Waals surface area contributed by atoms with Gasteiger partial charge in [-0.3, -0.25) is 9.35 Å². The Morgan fingerprint density at radius 3 is 0.962 bits per heavy atom. The second-order valence-electron chi connectivity index (χ2n) is 16.2. The number of rotatable bonds is 42. The molecule has 0 saturated heterocycles. The van der Waals surface area contributed by atoms with Crippen molar-refractivity contribution in [3.05, 3.63) is 0 Å². The van der Waals surface area contributed by atoms with E-state index in [4.69, 9.17) is 0 Å². The molecule has 3 unspecified atom stereocenters. The Hall–Kier alpha value is -0.700. The van der Waals surface area contributed by atoms with Crippen LogP contribution in [-0.2, 0) is 14.9 Å². The minimum absolute atomic E-state index is 0.304. The predicted octanol–water partition coefficient (Wildman–Crippen LogP) is 12.6. The lowest BCUT2D eigenvalue weighted by atomic mass is 10.0. The molecule has 52 heavy (non-hydrogen) atoms. The standard InChI is InChI=1S/C44H89NO6S/c1-3-5-7-9-11-13-15-17-19-20-21-22-23-25-27-29-31-33-35-37-39-43(47)44(48)45-41(40-52(49,50)51)42(46)38-36-34-32-30-28-26-24-18-16-14-12-10-8-6-4-2/h41-43,46-47H,3-40H2,1-2H3,(H,45,48)(H,49,50,51). The second kappa shape index (κ2) is 38.6. The van der Waals surface area contributed by atoms with Crippen molar-refractivity contribution in [1.82, 2.24) is 5.32 Å². The fourth-order valence-corrected chi connectivity index (χ4v) is 8.16. The van der Waals surface area contributed by atoms with E-state index in [2.05, 4.69) is 19.2 Å². The minimum Gasteiger partial charge on any atom is -0.391 e. The predicted molar refractivity (Wildman–Crippen MR) is 223 cm³/mol. The first-order valence-electron chi connectivity index (χ1n) is 22.8. The molecule has 0 saturated carbocycles. The van der Waals surface area contributed by atoms with Crippen LogP contribution in [0.25, 0.3) is 0 Å². The zero-order valence-corrected chi connectivity index (χ0v) is 35.4. The molecule has 7 nitrogen and oxygen atoms in total. The first kappa shape index (κ1) is 51.3. The summed E-state index contributed by atoms with van der Waals surface area (Å²) in [5.41, 5.74) is 0. The van der Waals surface area contributed by atoms with Crippen molar-refractivity contribution in [2.75, 3.05) is 5.75 Å². The van der Waals surface area contributed by atoms with Crippen LogP contribution in [0.5, 0.6) is 0 Å². The maximum atomic E-state index is 12.6. The van der Waals surface area contributed by atoms with Crippen LogP contribution < -0.4 is 5.32 Å². The highest BCUT2D eigenvalue weighted by molar-refractivity contribution is 7.85. The summed E-state index contributed by atoms with van der Waals surface area (Å²) in [6.45, 7) is 4.53. The Balaban J connectivity index is 3.86. The van der Waals surface area contributed by atoms with E-state index in [-0.39, 0.29) is 0 Å². The van der Waals surface area contributed by atoms with Gasteiger partial charge < -0.3 is 15.5 Å². The van der Waals surface area contributed by atoms with Gasteiger partial charge in [0.25, 0.3) is 10.1 Å². The highest BCUT2D eigenvalue weighted by Gasteiger charge is 2.28. The Morgan fingerprint density at radius 1 is 0.442 bits per heavy atom. The molecule has 0 aromatic heterocycles. The normalized spacial score (nSPS) is 13.7. The molecule has 0 bridgehead atoms. The number of aliphatic hydroxyl groups excluding tert-OH is 2. The van der Waals surface area contributed by atoms with Crippen molar-refractivity contribution in [3.8, 4) is 0 Å². The van der Waals surface area contributed by atoms with Crippen LogP contribution in [-0.4, -0.2) is 53.1 Å². The first-order valence-corrected chi connectivity index (χ1v) is 24.4. The minimum atomic E-state index is -4.40. The maximum Gasteiger partial charge on any atom is 0.266 e. The van der Waals surface area contributed by atoms with Gasteiger partial charge in [-0.25, -0.2) is 0 Å². The van der Waals surface area contributed by atoms with E-state index in [1.165, 1.54) is 180 Å². The molecule has 0 aliphatic rings. The zero-order valence-electron chi connectivity index (χ0n) is 34.6. The van der Waals surface area contributed by atoms with Gasteiger partial charge in [-0.05, 0) is 12.8 Å². The summed E-state index contributed by atoms with van der Waals surface area (Å²) in [7, 11) is -4.40. The topological polar surface area (TPSA) is 124 Å². The van der Waals surface area contributed by atoms with E-state index < -0.39 is 40.0 Å². The summed E-state index contributed by atoms with van der Waals surface area (Å²) < 4.78 is 32.6. The highest BCUT2D eigenvalue weighted by atomic mass is 32.2. The summed E-state index contributed by atoms with van der Waals surface area (Å²) in [6.07, 6.45) is 42.7. The highest BCUT2D eigenvalue weighted by Crippen LogP contribution is 2.17. The van der Waals surface area contributed by atoms with E-state index in [9.17, 15) is 28.0 Å². The van der Waals surface area contributed by atoms with Gasteiger partial charge in [0, 0.05) is 0 Å².